The molecule has 0 aromatic heterocycles. The Bertz CT molecular complexity index is 559. The monoisotopic (exact) mass is 275 g/mol. The van der Waals surface area contributed by atoms with Crippen molar-refractivity contribution in [2.75, 3.05) is 26.4 Å². The molecule has 3 N–H and O–H groups in total. The highest BCUT2D eigenvalue weighted by atomic mass is 32.2. The zero-order valence-electron chi connectivity index (χ0n) is 9.97. The number of para-hydroxylation sites is 1. The van der Waals surface area contributed by atoms with E-state index >= 15 is 0 Å². The lowest BCUT2D eigenvalue weighted by Crippen LogP contribution is -2.37. The molecule has 0 radical (unpaired) electrons. The van der Waals surface area contributed by atoms with Crippen molar-refractivity contribution in [1.82, 2.24) is 9.62 Å². The summed E-state index contributed by atoms with van der Waals surface area (Å²) in [6.07, 6.45) is 0. The van der Waals surface area contributed by atoms with E-state index in [0.29, 0.717) is 0 Å². The topological polar surface area (TPSA) is 92.5 Å². The van der Waals surface area contributed by atoms with Crippen molar-refractivity contribution in [3.8, 4) is 0 Å². The fourth-order valence-corrected chi connectivity index (χ4v) is 2.53. The molecule has 1 aromatic rings. The molecule has 1 aromatic carbocycles. The number of rotatable bonds is 4. The fraction of sp³-hybridized carbons (Fsp3) is 0.300. The molecule has 0 saturated carbocycles. The number of nitrogens with one attached hydrogen (secondary N) is 1. The molecule has 8 heteroatoms. The van der Waals surface area contributed by atoms with Crippen molar-refractivity contribution >= 4 is 21.6 Å². The zero-order chi connectivity index (χ0) is 13.9. The molecule has 0 aliphatic heterocycles. The summed E-state index contributed by atoms with van der Waals surface area (Å²) in [5.74, 6) is -1.29. The van der Waals surface area contributed by atoms with Crippen LogP contribution in [0.15, 0.2) is 23.1 Å². The van der Waals surface area contributed by atoms with Gasteiger partial charge in [0, 0.05) is 14.1 Å². The third-order valence-corrected chi connectivity index (χ3v) is 4.21. The fourth-order valence-electron chi connectivity index (χ4n) is 1.28. The Morgan fingerprint density at radius 1 is 1.50 bits per heavy atom. The standard InChI is InChI=1S/C10H14FN3O3S/c1-13-9(15)6-14(2)18(16,17)8-5-3-4-7(11)10(8)12/h3-5H,6,12H2,1-2H3,(H,13,15). The number of hydrogen-bond acceptors (Lipinski definition) is 4. The van der Waals surface area contributed by atoms with Crippen LogP contribution in [0.2, 0.25) is 0 Å². The number of benzene rings is 1. The van der Waals surface area contributed by atoms with Gasteiger partial charge in [-0.3, -0.25) is 4.79 Å². The number of carbonyl (C=O) groups excluding carboxylic acids is 1. The lowest BCUT2D eigenvalue weighted by Gasteiger charge is -2.17. The van der Waals surface area contributed by atoms with Gasteiger partial charge in [0.05, 0.1) is 12.2 Å². The molecule has 6 nitrogen and oxygen atoms in total. The van der Waals surface area contributed by atoms with E-state index < -0.39 is 27.4 Å². The minimum atomic E-state index is -3.99. The number of sulfonamides is 1. The van der Waals surface area contributed by atoms with Crippen LogP contribution < -0.4 is 11.1 Å². The zero-order valence-corrected chi connectivity index (χ0v) is 10.8. The lowest BCUT2D eigenvalue weighted by atomic mass is 10.3. The summed E-state index contributed by atoms with van der Waals surface area (Å²) in [5.41, 5.74) is 4.93. The van der Waals surface area contributed by atoms with Gasteiger partial charge in [-0.05, 0) is 12.1 Å². The van der Waals surface area contributed by atoms with Crippen LogP contribution in [0.3, 0.4) is 0 Å². The third kappa shape index (κ3) is 2.77. The minimum Gasteiger partial charge on any atom is -0.395 e. The molecule has 0 aliphatic rings. The number of nitrogens with two attached hydrogens (primary N) is 1. The number of nitrogens with zero attached hydrogens (tertiary/aromatic N) is 1. The molecule has 1 amide bonds. The van der Waals surface area contributed by atoms with E-state index in [1.807, 2.05) is 0 Å². The van der Waals surface area contributed by atoms with E-state index in [0.717, 1.165) is 10.4 Å². The van der Waals surface area contributed by atoms with Crippen molar-refractivity contribution in [2.24, 2.45) is 0 Å². The predicted octanol–water partition coefficient (Wildman–Crippen LogP) is -0.226. The maximum Gasteiger partial charge on any atom is 0.245 e. The van der Waals surface area contributed by atoms with Crippen LogP contribution in [-0.4, -0.2) is 39.3 Å². The van der Waals surface area contributed by atoms with Gasteiger partial charge in [-0.15, -0.1) is 0 Å². The Morgan fingerprint density at radius 2 is 2.11 bits per heavy atom. The highest BCUT2D eigenvalue weighted by Crippen LogP contribution is 2.23. The Kier molecular flexibility index (Phi) is 4.25. The van der Waals surface area contributed by atoms with Crippen LogP contribution in [0.1, 0.15) is 0 Å². The smallest absolute Gasteiger partial charge is 0.245 e. The average molecular weight is 275 g/mol. The summed E-state index contributed by atoms with van der Waals surface area (Å²) < 4.78 is 38.1. The molecular formula is C10H14FN3O3S. The van der Waals surface area contributed by atoms with Gasteiger partial charge in [0.1, 0.15) is 10.7 Å². The number of amides is 1. The van der Waals surface area contributed by atoms with Gasteiger partial charge >= 0.3 is 0 Å². The second-order valence-corrected chi connectivity index (χ2v) is 5.60. The molecule has 0 atom stereocenters. The summed E-state index contributed by atoms with van der Waals surface area (Å²) in [6, 6.07) is 3.49. The molecule has 100 valence electrons. The Morgan fingerprint density at radius 3 is 2.67 bits per heavy atom. The second kappa shape index (κ2) is 5.32. The molecule has 0 fully saturated rings. The van der Waals surface area contributed by atoms with Crippen LogP contribution in [0.5, 0.6) is 0 Å². The first-order chi connectivity index (χ1) is 8.30. The predicted molar refractivity (Wildman–Crippen MR) is 64.7 cm³/mol. The molecule has 0 unspecified atom stereocenters. The third-order valence-electron chi connectivity index (χ3n) is 2.35. The quantitative estimate of drug-likeness (QED) is 0.743. The van der Waals surface area contributed by atoms with Crippen LogP contribution >= 0.6 is 0 Å². The molecule has 0 aliphatic carbocycles. The number of anilines is 1. The highest BCUT2D eigenvalue weighted by Gasteiger charge is 2.25. The summed E-state index contributed by atoms with van der Waals surface area (Å²) in [7, 11) is -1.38. The lowest BCUT2D eigenvalue weighted by molar-refractivity contribution is -0.120. The first kappa shape index (κ1) is 14.4. The van der Waals surface area contributed by atoms with Gasteiger partial charge in [-0.25, -0.2) is 12.8 Å². The van der Waals surface area contributed by atoms with Crippen molar-refractivity contribution < 1.29 is 17.6 Å². The van der Waals surface area contributed by atoms with Crippen LogP contribution in [0.4, 0.5) is 10.1 Å². The van der Waals surface area contributed by atoms with Crippen LogP contribution in [-0.2, 0) is 14.8 Å². The summed E-state index contributed by atoms with van der Waals surface area (Å²) in [4.78, 5) is 10.8. The van der Waals surface area contributed by atoms with E-state index in [2.05, 4.69) is 5.32 Å². The maximum atomic E-state index is 13.2. The number of carbonyl (C=O) groups is 1. The van der Waals surface area contributed by atoms with Crippen molar-refractivity contribution in [1.29, 1.82) is 0 Å². The molecule has 0 bridgehead atoms. The number of likely N-dealkylation sites (N-methyl/N-ethyl adjacent to an activating group) is 2. The van der Waals surface area contributed by atoms with Crippen molar-refractivity contribution in [3.05, 3.63) is 24.0 Å². The second-order valence-electron chi connectivity index (χ2n) is 3.59. The molecule has 1 rings (SSSR count). The largest absolute Gasteiger partial charge is 0.395 e. The van der Waals surface area contributed by atoms with Gasteiger partial charge in [0.15, 0.2) is 0 Å². The van der Waals surface area contributed by atoms with Gasteiger partial charge in [0.2, 0.25) is 15.9 Å². The number of halogens is 1. The highest BCUT2D eigenvalue weighted by molar-refractivity contribution is 7.89. The Balaban J connectivity index is 3.14. The molecule has 0 spiro atoms. The summed E-state index contributed by atoms with van der Waals surface area (Å²) >= 11 is 0. The molecule has 0 saturated heterocycles. The van der Waals surface area contributed by atoms with Crippen LogP contribution in [0, 0.1) is 5.82 Å². The minimum absolute atomic E-state index is 0.353. The van der Waals surface area contributed by atoms with E-state index in [1.165, 1.54) is 26.2 Å². The Hall–Kier alpha value is -1.67. The first-order valence-corrected chi connectivity index (χ1v) is 6.45. The maximum absolute atomic E-state index is 13.2. The summed E-state index contributed by atoms with van der Waals surface area (Å²) in [5, 5.41) is 2.30. The van der Waals surface area contributed by atoms with E-state index in [1.54, 1.807) is 0 Å². The molecule has 18 heavy (non-hydrogen) atoms. The SMILES string of the molecule is CNC(=O)CN(C)S(=O)(=O)c1cccc(F)c1N. The molecule has 0 heterocycles. The number of hydrogen-bond donors (Lipinski definition) is 2. The Labute approximate surface area is 105 Å². The number of nitrogen functional groups attached to an aromatic ring is 1. The van der Waals surface area contributed by atoms with Gasteiger partial charge in [0.25, 0.3) is 0 Å². The van der Waals surface area contributed by atoms with E-state index in [4.69, 9.17) is 5.73 Å². The first-order valence-electron chi connectivity index (χ1n) is 5.01. The van der Waals surface area contributed by atoms with Crippen LogP contribution in [0.25, 0.3) is 0 Å². The van der Waals surface area contributed by atoms with Gasteiger partial charge < -0.3 is 11.1 Å². The summed E-state index contributed by atoms with van der Waals surface area (Å²) in [6.45, 7) is -0.366. The normalized spacial score (nSPS) is 11.6. The van der Waals surface area contributed by atoms with Crippen molar-refractivity contribution in [3.63, 3.8) is 0 Å². The van der Waals surface area contributed by atoms with Gasteiger partial charge in [-0.2, -0.15) is 4.31 Å². The molecular weight excluding hydrogens is 261 g/mol. The van der Waals surface area contributed by atoms with E-state index in [-0.39, 0.29) is 11.4 Å². The van der Waals surface area contributed by atoms with Crippen molar-refractivity contribution in [2.45, 2.75) is 4.90 Å². The average Bonchev–Trinajstić information content (AvgIpc) is 2.32. The van der Waals surface area contributed by atoms with E-state index in [9.17, 15) is 17.6 Å². The van der Waals surface area contributed by atoms with Gasteiger partial charge in [-0.1, -0.05) is 6.07 Å².